The summed E-state index contributed by atoms with van der Waals surface area (Å²) in [7, 11) is 2.00. The van der Waals surface area contributed by atoms with E-state index >= 15 is 0 Å². The Morgan fingerprint density at radius 1 is 0.806 bits per heavy atom. The molecule has 1 aliphatic heterocycles. The predicted octanol–water partition coefficient (Wildman–Crippen LogP) is 4.49. The third kappa shape index (κ3) is 3.50. The number of para-hydroxylation sites is 2. The molecule has 1 aliphatic rings. The minimum Gasteiger partial charge on any atom is -0.357 e. The van der Waals surface area contributed by atoms with Gasteiger partial charge >= 0.3 is 0 Å². The fourth-order valence-electron chi connectivity index (χ4n) is 4.00. The highest BCUT2D eigenvalue weighted by Crippen LogP contribution is 2.31. The maximum Gasteiger partial charge on any atom is 0.261 e. The van der Waals surface area contributed by atoms with Gasteiger partial charge in [-0.15, -0.1) is 0 Å². The Labute approximate surface area is 181 Å². The molecule has 3 heterocycles. The van der Waals surface area contributed by atoms with E-state index in [0.29, 0.717) is 23.6 Å². The highest BCUT2D eigenvalue weighted by Gasteiger charge is 2.28. The summed E-state index contributed by atoms with van der Waals surface area (Å²) in [6.45, 7) is 3.29. The molecule has 0 atom stereocenters. The highest BCUT2D eigenvalue weighted by atomic mass is 16.2. The molecule has 2 aromatic heterocycles. The van der Waals surface area contributed by atoms with Gasteiger partial charge in [0, 0.05) is 25.7 Å². The molecule has 4 aromatic rings. The average molecular weight is 409 g/mol. The Morgan fingerprint density at radius 2 is 1.48 bits per heavy atom. The normalized spacial score (nSPS) is 13.7. The van der Waals surface area contributed by atoms with Crippen LogP contribution in [-0.2, 0) is 0 Å². The number of rotatable bonds is 2. The van der Waals surface area contributed by atoms with Gasteiger partial charge in [-0.2, -0.15) is 0 Å². The zero-order valence-electron chi connectivity index (χ0n) is 17.6. The largest absolute Gasteiger partial charge is 0.357 e. The summed E-state index contributed by atoms with van der Waals surface area (Å²) in [5.41, 5.74) is 4.79. The third-order valence-corrected chi connectivity index (χ3v) is 5.66. The molecule has 0 aliphatic carbocycles. The summed E-state index contributed by atoms with van der Waals surface area (Å²) in [5.74, 6) is 1.25. The van der Waals surface area contributed by atoms with E-state index in [0.717, 1.165) is 41.1 Å². The summed E-state index contributed by atoms with van der Waals surface area (Å²) >= 11 is 0. The molecular weight excluding hydrogens is 386 g/mol. The van der Waals surface area contributed by atoms with Gasteiger partial charge < -0.3 is 4.90 Å². The molecule has 1 amide bonds. The maximum absolute atomic E-state index is 13.6. The zero-order valence-corrected chi connectivity index (χ0v) is 17.6. The fraction of sp³-hybridized carbons (Fsp3) is 0.200. The molecule has 0 spiro atoms. The van der Waals surface area contributed by atoms with E-state index in [-0.39, 0.29) is 5.91 Å². The number of fused-ring (bicyclic) bond motifs is 2. The first-order valence-electron chi connectivity index (χ1n) is 10.4. The number of nitrogens with zero attached hydrogens (tertiary/aromatic N) is 5. The number of amides is 1. The molecule has 31 heavy (non-hydrogen) atoms. The minimum absolute atomic E-state index is 0.0919. The molecule has 5 rings (SSSR count). The van der Waals surface area contributed by atoms with Gasteiger partial charge in [-0.3, -0.25) is 14.7 Å². The number of benzene rings is 2. The van der Waals surface area contributed by atoms with Crippen LogP contribution in [0.3, 0.4) is 0 Å². The predicted molar refractivity (Wildman–Crippen MR) is 124 cm³/mol. The number of carbonyl (C=O) groups excluding carboxylic acids is 1. The smallest absolute Gasteiger partial charge is 0.261 e. The Kier molecular flexibility index (Phi) is 4.82. The van der Waals surface area contributed by atoms with Crippen LogP contribution in [0, 0.1) is 6.92 Å². The van der Waals surface area contributed by atoms with Crippen molar-refractivity contribution in [1.29, 1.82) is 0 Å². The maximum atomic E-state index is 13.6. The van der Waals surface area contributed by atoms with Crippen molar-refractivity contribution in [2.24, 2.45) is 0 Å². The van der Waals surface area contributed by atoms with Crippen LogP contribution in [0.5, 0.6) is 0 Å². The zero-order chi connectivity index (χ0) is 21.4. The van der Waals surface area contributed by atoms with E-state index in [9.17, 15) is 4.79 Å². The summed E-state index contributed by atoms with van der Waals surface area (Å²) in [6, 6.07) is 21.5. The number of hydrogen-bond donors (Lipinski definition) is 0. The minimum atomic E-state index is -0.0919. The van der Waals surface area contributed by atoms with Crippen LogP contribution in [0.1, 0.15) is 22.5 Å². The van der Waals surface area contributed by atoms with E-state index < -0.39 is 0 Å². The lowest BCUT2D eigenvalue weighted by Crippen LogP contribution is -2.33. The molecule has 0 bridgehead atoms. The summed E-state index contributed by atoms with van der Waals surface area (Å²) < 4.78 is 0. The van der Waals surface area contributed by atoms with Gasteiger partial charge in [-0.05, 0) is 37.6 Å². The summed E-state index contributed by atoms with van der Waals surface area (Å²) in [6.07, 6.45) is 0.838. The third-order valence-electron chi connectivity index (χ3n) is 5.66. The monoisotopic (exact) mass is 409 g/mol. The molecule has 154 valence electrons. The van der Waals surface area contributed by atoms with Gasteiger partial charge in [0.2, 0.25) is 0 Å². The second-order valence-corrected chi connectivity index (χ2v) is 7.79. The molecule has 0 radical (unpaired) electrons. The lowest BCUT2D eigenvalue weighted by atomic mass is 10.1. The quantitative estimate of drug-likeness (QED) is 0.488. The first-order valence-corrected chi connectivity index (χ1v) is 10.4. The van der Waals surface area contributed by atoms with E-state index in [1.807, 2.05) is 80.7 Å². The van der Waals surface area contributed by atoms with Gasteiger partial charge in [0.05, 0.1) is 28.0 Å². The van der Waals surface area contributed by atoms with E-state index in [4.69, 9.17) is 15.0 Å². The molecule has 2 aromatic carbocycles. The van der Waals surface area contributed by atoms with Crippen LogP contribution in [0.15, 0.2) is 66.7 Å². The second kappa shape index (κ2) is 7.80. The van der Waals surface area contributed by atoms with Crippen LogP contribution in [0.2, 0.25) is 0 Å². The second-order valence-electron chi connectivity index (χ2n) is 7.79. The summed E-state index contributed by atoms with van der Waals surface area (Å²) in [5, 5.41) is 0. The van der Waals surface area contributed by atoms with Crippen LogP contribution in [0.25, 0.3) is 22.3 Å². The van der Waals surface area contributed by atoms with Gasteiger partial charge in [0.25, 0.3) is 5.91 Å². The molecule has 0 saturated heterocycles. The van der Waals surface area contributed by atoms with Crippen molar-refractivity contribution >= 4 is 28.6 Å². The van der Waals surface area contributed by atoms with Crippen molar-refractivity contribution in [2.45, 2.75) is 13.3 Å². The number of pyridine rings is 1. The van der Waals surface area contributed by atoms with Crippen LogP contribution < -0.4 is 9.80 Å². The first-order chi connectivity index (χ1) is 15.1. The average Bonchev–Trinajstić information content (AvgIpc) is 2.96. The Balaban J connectivity index is 1.56. The topological polar surface area (TPSA) is 62.2 Å². The van der Waals surface area contributed by atoms with Crippen LogP contribution in [0.4, 0.5) is 11.6 Å². The molecule has 6 heteroatoms. The molecule has 0 saturated carbocycles. The number of anilines is 2. The van der Waals surface area contributed by atoms with Gasteiger partial charge in [-0.25, -0.2) is 9.97 Å². The Hall–Kier alpha value is -3.80. The van der Waals surface area contributed by atoms with Crippen LogP contribution in [-0.4, -0.2) is 41.0 Å². The summed E-state index contributed by atoms with van der Waals surface area (Å²) in [4.78, 5) is 31.8. The van der Waals surface area contributed by atoms with Gasteiger partial charge in [-0.1, -0.05) is 42.5 Å². The number of hydrogen-bond acceptors (Lipinski definition) is 5. The molecule has 6 nitrogen and oxygen atoms in total. The first kappa shape index (κ1) is 19.2. The molecule has 0 N–H and O–H groups in total. The van der Waals surface area contributed by atoms with Crippen molar-refractivity contribution in [3.63, 3.8) is 0 Å². The number of aromatic nitrogens is 3. The highest BCUT2D eigenvalue weighted by molar-refractivity contribution is 6.08. The molecular formula is C25H23N5O. The van der Waals surface area contributed by atoms with Crippen molar-refractivity contribution in [3.8, 4) is 11.3 Å². The SMILES string of the molecule is Cc1nc(-c2ccccc2)ccc1C(=O)N1CCCN(C)c2nc3ccccc3nc21. The van der Waals surface area contributed by atoms with Gasteiger partial charge in [0.15, 0.2) is 11.6 Å². The van der Waals surface area contributed by atoms with E-state index in [2.05, 4.69) is 4.90 Å². The number of carbonyl (C=O) groups is 1. The Bertz CT molecular complexity index is 1270. The van der Waals surface area contributed by atoms with E-state index in [1.165, 1.54) is 0 Å². The van der Waals surface area contributed by atoms with E-state index in [1.54, 1.807) is 4.90 Å². The van der Waals surface area contributed by atoms with Crippen molar-refractivity contribution in [3.05, 3.63) is 78.0 Å². The molecule has 0 fully saturated rings. The van der Waals surface area contributed by atoms with Crippen molar-refractivity contribution < 1.29 is 4.79 Å². The van der Waals surface area contributed by atoms with Crippen molar-refractivity contribution in [2.75, 3.05) is 29.9 Å². The standard InChI is InChI=1S/C25H23N5O/c1-17-19(13-14-20(26-17)18-9-4-3-5-10-18)25(31)30-16-8-15-29(2)23-24(30)28-22-12-7-6-11-21(22)27-23/h3-7,9-14H,8,15-16H2,1-2H3. The fourth-order valence-corrected chi connectivity index (χ4v) is 4.00. The van der Waals surface area contributed by atoms with Crippen LogP contribution >= 0.6 is 0 Å². The lowest BCUT2D eigenvalue weighted by molar-refractivity contribution is 0.0985. The Morgan fingerprint density at radius 3 is 2.19 bits per heavy atom. The van der Waals surface area contributed by atoms with Gasteiger partial charge in [0.1, 0.15) is 0 Å². The molecule has 0 unspecified atom stereocenters. The lowest BCUT2D eigenvalue weighted by Gasteiger charge is -2.23. The van der Waals surface area contributed by atoms with Crippen molar-refractivity contribution in [1.82, 2.24) is 15.0 Å². The number of aryl methyl sites for hydroxylation is 1.